The number of aliphatic hydroxyl groups is 1. The number of rotatable bonds is 23. The first-order valence-corrected chi connectivity index (χ1v) is 25.7. The van der Waals surface area contributed by atoms with E-state index in [2.05, 4.69) is 10.6 Å². The highest BCUT2D eigenvalue weighted by molar-refractivity contribution is 6.05. The number of nitrogens with one attached hydrogen (secondary N) is 2. The van der Waals surface area contributed by atoms with Gasteiger partial charge in [0.05, 0.1) is 88.8 Å². The number of nitriles is 2. The molecule has 0 spiro atoms. The molecule has 2 heterocycles. The summed E-state index contributed by atoms with van der Waals surface area (Å²) in [4.78, 5) is 77.1. The molecule has 0 bridgehead atoms. The van der Waals surface area contributed by atoms with E-state index in [4.69, 9.17) is 9.47 Å². The van der Waals surface area contributed by atoms with Gasteiger partial charge in [0.25, 0.3) is 0 Å². The Morgan fingerprint density at radius 1 is 0.675 bits per heavy atom. The quantitative estimate of drug-likeness (QED) is 0.0275. The highest BCUT2D eigenvalue weighted by atomic mass is 19.4. The largest absolute Gasteiger partial charge is 0.462 e. The number of hydrogen-bond acceptors (Lipinski definition) is 12. The van der Waals surface area contributed by atoms with E-state index >= 15 is 0 Å². The number of amides is 5. The van der Waals surface area contributed by atoms with Gasteiger partial charge in [-0.25, -0.2) is 19.2 Å². The second-order valence-corrected chi connectivity index (χ2v) is 19.0. The maximum absolute atomic E-state index is 14.7. The predicted octanol–water partition coefficient (Wildman–Crippen LogP) is 9.32. The number of hydrogen-bond donors (Lipinski definition) is 3. The van der Waals surface area contributed by atoms with Gasteiger partial charge >= 0.3 is 36.4 Å². The van der Waals surface area contributed by atoms with Gasteiger partial charge < -0.3 is 34.6 Å². The monoisotopic (exact) mass is 1110 g/mol. The zero-order chi connectivity index (χ0) is 58.5. The first-order chi connectivity index (χ1) is 38.0. The number of carbonyl (C=O) groups is 5. The Balaban J connectivity index is 1.18. The standard InChI is InChI=1S/C57H61F6N9O8/c1-6-8-28-79-52(75)48-36(3)71(44-14-10-12-42(30-44)56(58,59)60)54(77)69(50(48)40-20-16-38(32-64)17-21-40)34-46(73)66-24-26-68(5)27-25-67-47(74)35-70-51(41-22-18-39(33-65)19-23-41)49(53(76)80-29-9-7-2)37(4)72(55(70)78)45-15-11-13-43(31-45)57(61,62)63/h10-23,30-31,46,50-51,66,73H,6-9,24-29,34-35H2,1-5H3,(H,67,74)/t46?,50-,51-/m1/s1. The number of allylic oxidation sites excluding steroid dienone is 2. The topological polar surface area (TPSA) is 212 Å². The first-order valence-electron chi connectivity index (χ1n) is 25.7. The molecule has 3 atom stereocenters. The minimum Gasteiger partial charge on any atom is -0.462 e. The molecule has 4 aromatic rings. The van der Waals surface area contributed by atoms with Gasteiger partial charge in [0.1, 0.15) is 12.8 Å². The Hall–Kier alpha value is -8.25. The number of unbranched alkanes of at least 4 members (excludes halogenated alkanes) is 2. The van der Waals surface area contributed by atoms with E-state index in [0.29, 0.717) is 36.8 Å². The van der Waals surface area contributed by atoms with Gasteiger partial charge in [-0.15, -0.1) is 0 Å². The Kier molecular flexibility index (Phi) is 20.6. The van der Waals surface area contributed by atoms with Crippen LogP contribution in [0.25, 0.3) is 0 Å². The highest BCUT2D eigenvalue weighted by Crippen LogP contribution is 2.43. The van der Waals surface area contributed by atoms with E-state index in [9.17, 15) is 65.9 Å². The highest BCUT2D eigenvalue weighted by Gasteiger charge is 2.46. The first kappa shape index (κ1) is 61.0. The van der Waals surface area contributed by atoms with E-state index in [0.717, 1.165) is 56.0 Å². The summed E-state index contributed by atoms with van der Waals surface area (Å²) in [7, 11) is 1.69. The van der Waals surface area contributed by atoms with Crippen molar-refractivity contribution in [2.24, 2.45) is 0 Å². The zero-order valence-corrected chi connectivity index (χ0v) is 44.7. The summed E-state index contributed by atoms with van der Waals surface area (Å²) in [5.74, 6) is -2.42. The second-order valence-electron chi connectivity index (χ2n) is 19.0. The van der Waals surface area contributed by atoms with Crippen molar-refractivity contribution < 1.29 is 64.9 Å². The zero-order valence-electron chi connectivity index (χ0n) is 44.7. The molecule has 80 heavy (non-hydrogen) atoms. The number of alkyl halides is 6. The third-order valence-corrected chi connectivity index (χ3v) is 13.3. The molecule has 17 nitrogen and oxygen atoms in total. The van der Waals surface area contributed by atoms with Crippen LogP contribution in [-0.2, 0) is 36.2 Å². The molecule has 0 saturated heterocycles. The van der Waals surface area contributed by atoms with Crippen LogP contribution in [0.2, 0.25) is 0 Å². The molecule has 1 unspecified atom stereocenters. The van der Waals surface area contributed by atoms with Crippen molar-refractivity contribution in [1.29, 1.82) is 10.5 Å². The van der Waals surface area contributed by atoms with E-state index in [1.54, 1.807) is 11.9 Å². The van der Waals surface area contributed by atoms with Crippen molar-refractivity contribution in [3.63, 3.8) is 0 Å². The molecule has 0 aliphatic carbocycles. The normalized spacial score (nSPS) is 16.4. The maximum atomic E-state index is 14.7. The third-order valence-electron chi connectivity index (χ3n) is 13.3. The molecule has 3 N–H and O–H groups in total. The van der Waals surface area contributed by atoms with Crippen LogP contribution in [0.15, 0.2) is 120 Å². The smallest absolute Gasteiger partial charge is 0.416 e. The average molecular weight is 1110 g/mol. The summed E-state index contributed by atoms with van der Waals surface area (Å²) >= 11 is 0. The van der Waals surface area contributed by atoms with Crippen LogP contribution in [0, 0.1) is 22.7 Å². The van der Waals surface area contributed by atoms with Crippen molar-refractivity contribution in [3.8, 4) is 12.1 Å². The minimum absolute atomic E-state index is 0.00406. The second kappa shape index (κ2) is 27.1. The van der Waals surface area contributed by atoms with Crippen LogP contribution in [0.1, 0.15) is 98.8 Å². The summed E-state index contributed by atoms with van der Waals surface area (Å²) in [6.07, 6.45) is -8.75. The van der Waals surface area contributed by atoms with Crippen molar-refractivity contribution in [2.75, 3.05) is 69.3 Å². The number of halogens is 6. The van der Waals surface area contributed by atoms with E-state index in [-0.39, 0.29) is 84.4 Å². The summed E-state index contributed by atoms with van der Waals surface area (Å²) in [5.41, 5.74) is -1.62. The van der Waals surface area contributed by atoms with Crippen molar-refractivity contribution in [2.45, 2.75) is 84.0 Å². The third kappa shape index (κ3) is 14.7. The summed E-state index contributed by atoms with van der Waals surface area (Å²) in [5, 5.41) is 36.2. The number of ether oxygens (including phenoxy) is 2. The number of benzene rings is 4. The molecule has 0 fully saturated rings. The molecule has 2 aliphatic rings. The summed E-state index contributed by atoms with van der Waals surface area (Å²) in [6.45, 7) is 5.83. The Bertz CT molecular complexity index is 3040. The fraction of sp³-hybridized carbons (Fsp3) is 0.386. The molecule has 4 aromatic carbocycles. The molecule has 5 amide bonds. The van der Waals surface area contributed by atoms with E-state index in [1.165, 1.54) is 74.5 Å². The molecule has 424 valence electrons. The van der Waals surface area contributed by atoms with Crippen LogP contribution in [0.5, 0.6) is 0 Å². The number of β-amino-alcohol motifs (C(OH)–C–C–N with tert-alkyl or cyclic N) is 1. The summed E-state index contributed by atoms with van der Waals surface area (Å²) < 4.78 is 95.2. The minimum atomic E-state index is -4.79. The van der Waals surface area contributed by atoms with E-state index < -0.39 is 84.8 Å². The van der Waals surface area contributed by atoms with Crippen LogP contribution in [0.3, 0.4) is 0 Å². The Morgan fingerprint density at radius 3 is 1.52 bits per heavy atom. The number of likely N-dealkylation sites (N-methyl/N-ethyl adjacent to an activating group) is 1. The predicted molar refractivity (Wildman–Crippen MR) is 281 cm³/mol. The van der Waals surface area contributed by atoms with Gasteiger partial charge in [-0.2, -0.15) is 36.9 Å². The number of carbonyl (C=O) groups excluding carboxylic acids is 5. The van der Waals surface area contributed by atoms with Crippen LogP contribution >= 0.6 is 0 Å². The van der Waals surface area contributed by atoms with Gasteiger partial charge in [0.2, 0.25) is 5.91 Å². The number of aliphatic hydroxyl groups excluding tert-OH is 1. The molecule has 0 radical (unpaired) electrons. The molecule has 6 rings (SSSR count). The van der Waals surface area contributed by atoms with Crippen molar-refractivity contribution >= 4 is 41.3 Å². The Morgan fingerprint density at radius 2 is 1.10 bits per heavy atom. The van der Waals surface area contributed by atoms with Gasteiger partial charge in [-0.05, 0) is 106 Å². The molecular formula is C57H61F6N9O8. The van der Waals surface area contributed by atoms with Gasteiger partial charge in [0, 0.05) is 37.6 Å². The van der Waals surface area contributed by atoms with Crippen LogP contribution < -0.4 is 20.4 Å². The average Bonchev–Trinajstić information content (AvgIpc) is 3.55. The molecule has 23 heteroatoms. The van der Waals surface area contributed by atoms with Crippen molar-refractivity contribution in [1.82, 2.24) is 25.3 Å². The molecule has 2 aliphatic heterocycles. The summed E-state index contributed by atoms with van der Waals surface area (Å²) in [6, 6.07) is 19.6. The van der Waals surface area contributed by atoms with Crippen LogP contribution in [0.4, 0.5) is 47.3 Å². The lowest BCUT2D eigenvalue weighted by Crippen LogP contribution is -2.55. The Labute approximate surface area is 459 Å². The molecule has 0 saturated carbocycles. The lowest BCUT2D eigenvalue weighted by Gasteiger charge is -2.43. The SMILES string of the molecule is CCCCOC(=O)C1=C(C)N(c2cccc(C(F)(F)F)c2)C(=O)N(CC(=O)NCCN(C)CCNC(O)CN2C(=O)N(c3cccc(C(F)(F)F)c3)C(C)=C(C(=O)OCCCC)[C@H]2c2ccc(C#N)cc2)[C@@H]1c1ccc(C#N)cc1. The van der Waals surface area contributed by atoms with Gasteiger partial charge in [-0.3, -0.25) is 19.9 Å². The van der Waals surface area contributed by atoms with Gasteiger partial charge in [0.15, 0.2) is 0 Å². The van der Waals surface area contributed by atoms with Gasteiger partial charge in [-0.1, -0.05) is 63.1 Å². The lowest BCUT2D eigenvalue weighted by atomic mass is 9.92. The fourth-order valence-corrected chi connectivity index (χ4v) is 9.15. The maximum Gasteiger partial charge on any atom is 0.416 e. The lowest BCUT2D eigenvalue weighted by molar-refractivity contribution is -0.141. The fourth-order valence-electron chi connectivity index (χ4n) is 9.15. The number of anilines is 2. The number of nitrogens with zero attached hydrogens (tertiary/aromatic N) is 7. The number of urea groups is 2. The van der Waals surface area contributed by atoms with Crippen LogP contribution in [-0.4, -0.2) is 115 Å². The number of esters is 2. The van der Waals surface area contributed by atoms with Crippen molar-refractivity contribution in [3.05, 3.63) is 153 Å². The van der Waals surface area contributed by atoms with E-state index in [1.807, 2.05) is 26.0 Å². The molecular weight excluding hydrogens is 1050 g/mol. The molecule has 0 aromatic heterocycles.